The van der Waals surface area contributed by atoms with Crippen LogP contribution >= 0.6 is 0 Å². The molecule has 0 unspecified atom stereocenters. The van der Waals surface area contributed by atoms with Gasteiger partial charge in [-0.3, -0.25) is 9.98 Å². The molecule has 0 spiro atoms. The molecule has 0 amide bonds. The Morgan fingerprint density at radius 1 is 0.971 bits per heavy atom. The SMILES string of the molecule is Oc1[nH]c2ccccc2c1/C=c1/cnn2c(=NCc3cccnc3)cc(-c3ccccc3)nc12. The average Bonchev–Trinajstić information content (AvgIpc) is 3.44. The fourth-order valence-corrected chi connectivity index (χ4v) is 4.05. The number of fused-ring (bicyclic) bond motifs is 2. The molecule has 0 saturated heterocycles. The molecule has 0 saturated carbocycles. The third-order valence-corrected chi connectivity index (χ3v) is 5.72. The first-order valence-corrected chi connectivity index (χ1v) is 10.9. The Labute approximate surface area is 194 Å². The van der Waals surface area contributed by atoms with Crippen molar-refractivity contribution in [3.63, 3.8) is 0 Å². The van der Waals surface area contributed by atoms with E-state index in [1.165, 1.54) is 0 Å². The summed E-state index contributed by atoms with van der Waals surface area (Å²) in [4.78, 5) is 16.9. The van der Waals surface area contributed by atoms with E-state index in [0.717, 1.165) is 32.9 Å². The molecule has 7 nitrogen and oxygen atoms in total. The molecule has 34 heavy (non-hydrogen) atoms. The van der Waals surface area contributed by atoms with Crippen LogP contribution in [-0.2, 0) is 6.54 Å². The van der Waals surface area contributed by atoms with Crippen molar-refractivity contribution < 1.29 is 5.11 Å². The molecule has 6 rings (SSSR count). The monoisotopic (exact) mass is 444 g/mol. The lowest BCUT2D eigenvalue weighted by molar-refractivity contribution is 0.457. The fraction of sp³-hybridized carbons (Fsp3) is 0.0370. The standard InChI is InChI=1S/C27H20N6O/c34-27-22(21-10-4-5-11-23(21)32-27)13-20-17-30-33-25(29-16-18-7-6-12-28-15-18)14-24(31-26(20)33)19-8-2-1-3-9-19/h1-15,17,32,34H,16H2/b20-13-,29-25?. The zero-order valence-corrected chi connectivity index (χ0v) is 18.1. The highest BCUT2D eigenvalue weighted by Crippen LogP contribution is 2.27. The van der Waals surface area contributed by atoms with Crippen LogP contribution in [0.15, 0.2) is 96.4 Å². The van der Waals surface area contributed by atoms with Crippen molar-refractivity contribution in [1.29, 1.82) is 0 Å². The number of nitrogens with one attached hydrogen (secondary N) is 1. The van der Waals surface area contributed by atoms with Crippen molar-refractivity contribution in [3.05, 3.63) is 113 Å². The second-order valence-corrected chi connectivity index (χ2v) is 7.96. The topological polar surface area (TPSA) is 91.5 Å². The minimum atomic E-state index is 0.112. The molecule has 6 aromatic rings. The largest absolute Gasteiger partial charge is 0.494 e. The van der Waals surface area contributed by atoms with Crippen molar-refractivity contribution in [2.45, 2.75) is 6.54 Å². The van der Waals surface area contributed by atoms with Gasteiger partial charge >= 0.3 is 0 Å². The van der Waals surface area contributed by atoms with E-state index in [1.54, 1.807) is 16.9 Å². The minimum Gasteiger partial charge on any atom is -0.494 e. The van der Waals surface area contributed by atoms with Crippen LogP contribution in [0, 0.1) is 0 Å². The van der Waals surface area contributed by atoms with E-state index >= 15 is 0 Å². The number of aromatic nitrogens is 5. The van der Waals surface area contributed by atoms with Gasteiger partial charge in [-0.1, -0.05) is 54.6 Å². The van der Waals surface area contributed by atoms with Crippen molar-refractivity contribution in [1.82, 2.24) is 24.6 Å². The molecule has 7 heteroatoms. The van der Waals surface area contributed by atoms with Gasteiger partial charge in [0.25, 0.3) is 0 Å². The number of nitrogens with zero attached hydrogens (tertiary/aromatic N) is 5. The number of H-pyrrole nitrogens is 1. The molecule has 0 fully saturated rings. The third-order valence-electron chi connectivity index (χ3n) is 5.72. The van der Waals surface area contributed by atoms with E-state index in [-0.39, 0.29) is 5.88 Å². The van der Waals surface area contributed by atoms with Crippen molar-refractivity contribution in [3.8, 4) is 17.1 Å². The summed E-state index contributed by atoms with van der Waals surface area (Å²) in [6, 6.07) is 23.6. The molecular formula is C27H20N6O. The van der Waals surface area contributed by atoms with Gasteiger partial charge in [-0.25, -0.2) is 4.98 Å². The summed E-state index contributed by atoms with van der Waals surface area (Å²) in [5.74, 6) is 0.112. The molecule has 164 valence electrons. The third kappa shape index (κ3) is 3.59. The van der Waals surface area contributed by atoms with Gasteiger partial charge in [0.15, 0.2) is 17.0 Å². The predicted molar refractivity (Wildman–Crippen MR) is 131 cm³/mol. The van der Waals surface area contributed by atoms with Gasteiger partial charge in [-0.15, -0.1) is 0 Å². The Morgan fingerprint density at radius 3 is 2.68 bits per heavy atom. The van der Waals surface area contributed by atoms with Gasteiger partial charge < -0.3 is 10.1 Å². The highest BCUT2D eigenvalue weighted by atomic mass is 16.3. The molecule has 0 radical (unpaired) electrons. The predicted octanol–water partition coefficient (Wildman–Crippen LogP) is 3.63. The summed E-state index contributed by atoms with van der Waals surface area (Å²) in [7, 11) is 0. The first kappa shape index (κ1) is 19.9. The van der Waals surface area contributed by atoms with Crippen LogP contribution in [0.3, 0.4) is 0 Å². The summed E-state index contributed by atoms with van der Waals surface area (Å²) >= 11 is 0. The number of aromatic amines is 1. The second kappa shape index (κ2) is 8.29. The van der Waals surface area contributed by atoms with E-state index in [2.05, 4.69) is 15.1 Å². The Morgan fingerprint density at radius 2 is 1.82 bits per heavy atom. The number of aromatic hydroxyl groups is 1. The number of para-hydroxylation sites is 1. The Balaban J connectivity index is 1.59. The van der Waals surface area contributed by atoms with Crippen LogP contribution in [0.2, 0.25) is 0 Å². The summed E-state index contributed by atoms with van der Waals surface area (Å²) in [5, 5.41) is 16.8. The molecule has 0 aliphatic rings. The van der Waals surface area contributed by atoms with Crippen LogP contribution in [0.5, 0.6) is 5.88 Å². The quantitative estimate of drug-likeness (QED) is 0.434. The van der Waals surface area contributed by atoms with Gasteiger partial charge in [0.1, 0.15) is 0 Å². The number of rotatable bonds is 4. The Kier molecular flexibility index (Phi) is 4.85. The maximum Gasteiger partial charge on any atom is 0.196 e. The lowest BCUT2D eigenvalue weighted by Crippen LogP contribution is -2.19. The van der Waals surface area contributed by atoms with Crippen LogP contribution < -0.4 is 10.7 Å². The van der Waals surface area contributed by atoms with E-state index < -0.39 is 0 Å². The van der Waals surface area contributed by atoms with Gasteiger partial charge in [0.2, 0.25) is 0 Å². The van der Waals surface area contributed by atoms with Gasteiger partial charge in [-0.2, -0.15) is 9.61 Å². The van der Waals surface area contributed by atoms with Crippen LogP contribution in [0.1, 0.15) is 11.1 Å². The molecule has 0 atom stereocenters. The van der Waals surface area contributed by atoms with Crippen molar-refractivity contribution >= 4 is 22.6 Å². The number of benzene rings is 2. The van der Waals surface area contributed by atoms with E-state index in [4.69, 9.17) is 9.98 Å². The number of hydrogen-bond donors (Lipinski definition) is 2. The second-order valence-electron chi connectivity index (χ2n) is 7.96. The zero-order chi connectivity index (χ0) is 22.9. The number of hydrogen-bond acceptors (Lipinski definition) is 5. The highest BCUT2D eigenvalue weighted by molar-refractivity contribution is 5.92. The fourth-order valence-electron chi connectivity index (χ4n) is 4.05. The molecule has 4 heterocycles. The number of pyridine rings is 1. The molecular weight excluding hydrogens is 424 g/mol. The Hall–Kier alpha value is -4.78. The summed E-state index contributed by atoms with van der Waals surface area (Å²) in [6.45, 7) is 0.476. The first-order chi connectivity index (χ1) is 16.8. The molecule has 4 aromatic heterocycles. The normalized spacial score (nSPS) is 12.7. The van der Waals surface area contributed by atoms with Crippen molar-refractivity contribution in [2.24, 2.45) is 4.99 Å². The van der Waals surface area contributed by atoms with Gasteiger partial charge in [-0.05, 0) is 23.8 Å². The molecule has 0 bridgehead atoms. The van der Waals surface area contributed by atoms with Gasteiger partial charge in [0, 0.05) is 45.7 Å². The van der Waals surface area contributed by atoms with Crippen LogP contribution in [0.4, 0.5) is 0 Å². The summed E-state index contributed by atoms with van der Waals surface area (Å²) in [6.07, 6.45) is 7.21. The van der Waals surface area contributed by atoms with E-state index in [9.17, 15) is 5.11 Å². The van der Waals surface area contributed by atoms with Crippen molar-refractivity contribution in [2.75, 3.05) is 0 Å². The molecule has 0 aliphatic carbocycles. The van der Waals surface area contributed by atoms with E-state index in [0.29, 0.717) is 23.2 Å². The van der Waals surface area contributed by atoms with E-state index in [1.807, 2.05) is 85.1 Å². The maximum atomic E-state index is 10.5. The molecule has 2 N–H and O–H groups in total. The lowest BCUT2D eigenvalue weighted by atomic mass is 10.1. The first-order valence-electron chi connectivity index (χ1n) is 10.9. The van der Waals surface area contributed by atoms with Crippen LogP contribution in [0.25, 0.3) is 33.9 Å². The lowest BCUT2D eigenvalue weighted by Gasteiger charge is -2.03. The average molecular weight is 444 g/mol. The molecule has 0 aliphatic heterocycles. The zero-order valence-electron chi connectivity index (χ0n) is 18.1. The summed E-state index contributed by atoms with van der Waals surface area (Å²) in [5.41, 5.74) is 5.73. The smallest absolute Gasteiger partial charge is 0.196 e. The Bertz CT molecular complexity index is 1740. The van der Waals surface area contributed by atoms with Gasteiger partial charge in [0.05, 0.1) is 18.4 Å². The molecule has 2 aromatic carbocycles. The summed E-state index contributed by atoms with van der Waals surface area (Å²) < 4.78 is 1.74. The highest BCUT2D eigenvalue weighted by Gasteiger charge is 2.11. The minimum absolute atomic E-state index is 0.112. The maximum absolute atomic E-state index is 10.5. The van der Waals surface area contributed by atoms with Crippen LogP contribution in [-0.4, -0.2) is 29.7 Å².